The van der Waals surface area contributed by atoms with Gasteiger partial charge < -0.3 is 10.1 Å². The van der Waals surface area contributed by atoms with Crippen LogP contribution in [0.2, 0.25) is 0 Å². The van der Waals surface area contributed by atoms with Crippen LogP contribution in [0.25, 0.3) is 0 Å². The van der Waals surface area contributed by atoms with Crippen LogP contribution < -0.4 is 10.6 Å². The van der Waals surface area contributed by atoms with Crippen molar-refractivity contribution >= 4 is 11.7 Å². The van der Waals surface area contributed by atoms with Crippen molar-refractivity contribution in [3.05, 3.63) is 24.4 Å². The van der Waals surface area contributed by atoms with Crippen LogP contribution in [0.5, 0.6) is 0 Å². The largest absolute Gasteiger partial charge is 0.469 e. The van der Waals surface area contributed by atoms with E-state index in [1.807, 2.05) is 0 Å². The zero-order valence-corrected chi connectivity index (χ0v) is 7.93. The molecule has 0 aliphatic carbocycles. The van der Waals surface area contributed by atoms with E-state index in [-0.39, 0.29) is 11.9 Å². The highest BCUT2D eigenvalue weighted by molar-refractivity contribution is 6.07. The second-order valence-electron chi connectivity index (χ2n) is 3.45. The van der Waals surface area contributed by atoms with Crippen LogP contribution in [0.15, 0.2) is 29.4 Å². The number of rotatable bonds is 0. The second-order valence-corrected chi connectivity index (χ2v) is 3.45. The van der Waals surface area contributed by atoms with Gasteiger partial charge in [0.25, 0.3) is 5.91 Å². The maximum atomic E-state index is 11.7. The molecule has 1 fully saturated rings. The van der Waals surface area contributed by atoms with Gasteiger partial charge in [0.15, 0.2) is 0 Å². The van der Waals surface area contributed by atoms with Crippen molar-refractivity contribution in [2.24, 2.45) is 4.99 Å². The Balaban J connectivity index is 2.02. The van der Waals surface area contributed by atoms with Crippen LogP contribution in [-0.4, -0.2) is 35.9 Å². The van der Waals surface area contributed by atoms with Crippen LogP contribution in [0.4, 0.5) is 0 Å². The minimum Gasteiger partial charge on any atom is -0.469 e. The monoisotopic (exact) mass is 206 g/mol. The third-order valence-corrected chi connectivity index (χ3v) is 2.53. The summed E-state index contributed by atoms with van der Waals surface area (Å²) in [6, 6.07) is -0.0499. The maximum absolute atomic E-state index is 11.7. The van der Waals surface area contributed by atoms with Crippen molar-refractivity contribution in [1.29, 1.82) is 0 Å². The summed E-state index contributed by atoms with van der Waals surface area (Å²) >= 11 is 0. The number of piperazine rings is 1. The van der Waals surface area contributed by atoms with Crippen molar-refractivity contribution in [3.8, 4) is 0 Å². The van der Waals surface area contributed by atoms with Crippen molar-refractivity contribution in [2.75, 3.05) is 13.2 Å². The molecule has 1 saturated heterocycles. The average Bonchev–Trinajstić information content (AvgIpc) is 2.30. The SMILES string of the molecule is O=C1NC2CNCN=C2N2C=COC=C12. The number of amidine groups is 1. The molecular formula is C9H10N4O2. The van der Waals surface area contributed by atoms with Gasteiger partial charge in [-0.05, 0) is 0 Å². The Labute approximate surface area is 86.3 Å². The summed E-state index contributed by atoms with van der Waals surface area (Å²) in [7, 11) is 0. The fraction of sp³-hybridized carbons (Fsp3) is 0.333. The molecule has 78 valence electrons. The Morgan fingerprint density at radius 1 is 1.60 bits per heavy atom. The molecule has 6 heteroatoms. The molecule has 1 amide bonds. The van der Waals surface area contributed by atoms with Crippen molar-refractivity contribution in [1.82, 2.24) is 15.5 Å². The van der Waals surface area contributed by atoms with Crippen molar-refractivity contribution in [3.63, 3.8) is 0 Å². The summed E-state index contributed by atoms with van der Waals surface area (Å²) in [4.78, 5) is 17.8. The van der Waals surface area contributed by atoms with E-state index in [9.17, 15) is 4.79 Å². The van der Waals surface area contributed by atoms with E-state index in [1.165, 1.54) is 12.5 Å². The zero-order chi connectivity index (χ0) is 10.3. The minimum absolute atomic E-state index is 0.0499. The summed E-state index contributed by atoms with van der Waals surface area (Å²) in [5, 5.41) is 5.96. The molecule has 3 heterocycles. The van der Waals surface area contributed by atoms with Crippen LogP contribution in [0.3, 0.4) is 0 Å². The Hall–Kier alpha value is -1.82. The molecule has 0 aromatic carbocycles. The van der Waals surface area contributed by atoms with Gasteiger partial charge in [0.2, 0.25) is 0 Å². The molecule has 3 aliphatic rings. The number of hydrogen-bond acceptors (Lipinski definition) is 5. The lowest BCUT2D eigenvalue weighted by Crippen LogP contribution is -2.60. The van der Waals surface area contributed by atoms with Gasteiger partial charge in [-0.15, -0.1) is 0 Å². The first-order valence-electron chi connectivity index (χ1n) is 4.74. The molecule has 3 aliphatic heterocycles. The number of carbonyl (C=O) groups excluding carboxylic acids is 1. The summed E-state index contributed by atoms with van der Waals surface area (Å²) in [5.41, 5.74) is 0.481. The molecule has 6 nitrogen and oxygen atoms in total. The first kappa shape index (κ1) is 8.49. The molecule has 0 aromatic heterocycles. The Kier molecular flexibility index (Phi) is 1.75. The van der Waals surface area contributed by atoms with Gasteiger partial charge in [-0.25, -0.2) is 0 Å². The highest BCUT2D eigenvalue weighted by Crippen LogP contribution is 2.19. The smallest absolute Gasteiger partial charge is 0.272 e. The Bertz CT molecular complexity index is 399. The van der Waals surface area contributed by atoms with E-state index < -0.39 is 0 Å². The van der Waals surface area contributed by atoms with Crippen LogP contribution in [0.1, 0.15) is 0 Å². The number of aliphatic imine (C=N–C) groups is 1. The fourth-order valence-electron chi connectivity index (χ4n) is 1.84. The molecule has 15 heavy (non-hydrogen) atoms. The molecule has 0 radical (unpaired) electrons. The third kappa shape index (κ3) is 1.22. The molecule has 0 spiro atoms. The molecule has 0 bridgehead atoms. The van der Waals surface area contributed by atoms with Gasteiger partial charge >= 0.3 is 0 Å². The predicted molar refractivity (Wildman–Crippen MR) is 52.4 cm³/mol. The summed E-state index contributed by atoms with van der Waals surface area (Å²) in [5.74, 6) is 0.728. The maximum Gasteiger partial charge on any atom is 0.272 e. The fourth-order valence-corrected chi connectivity index (χ4v) is 1.84. The van der Waals surface area contributed by atoms with E-state index in [0.29, 0.717) is 18.9 Å². The topological polar surface area (TPSA) is 66.0 Å². The number of ether oxygens (including phenoxy) is 1. The van der Waals surface area contributed by atoms with Crippen molar-refractivity contribution < 1.29 is 9.53 Å². The van der Waals surface area contributed by atoms with Gasteiger partial charge in [0, 0.05) is 12.7 Å². The second kappa shape index (κ2) is 3.09. The van der Waals surface area contributed by atoms with E-state index in [0.717, 1.165) is 5.84 Å². The molecule has 1 atom stereocenters. The lowest BCUT2D eigenvalue weighted by Gasteiger charge is -2.37. The normalized spacial score (nSPS) is 28.1. The highest BCUT2D eigenvalue weighted by Gasteiger charge is 2.36. The average molecular weight is 206 g/mol. The van der Waals surface area contributed by atoms with E-state index in [2.05, 4.69) is 15.6 Å². The van der Waals surface area contributed by atoms with Gasteiger partial charge in [-0.3, -0.25) is 20.0 Å². The van der Waals surface area contributed by atoms with E-state index in [1.54, 1.807) is 11.1 Å². The predicted octanol–water partition coefficient (Wildman–Crippen LogP) is -0.911. The van der Waals surface area contributed by atoms with Crippen LogP contribution in [0, 0.1) is 0 Å². The number of fused-ring (bicyclic) bond motifs is 3. The number of hydrogen-bond donors (Lipinski definition) is 2. The van der Waals surface area contributed by atoms with Crippen LogP contribution >= 0.6 is 0 Å². The number of amides is 1. The van der Waals surface area contributed by atoms with E-state index >= 15 is 0 Å². The number of nitrogens with one attached hydrogen (secondary N) is 2. The molecule has 0 saturated carbocycles. The van der Waals surface area contributed by atoms with Gasteiger partial charge in [-0.2, -0.15) is 0 Å². The van der Waals surface area contributed by atoms with Crippen molar-refractivity contribution in [2.45, 2.75) is 6.04 Å². The summed E-state index contributed by atoms with van der Waals surface area (Å²) in [6.07, 6.45) is 4.67. The molecular weight excluding hydrogens is 196 g/mol. The molecule has 1 unspecified atom stereocenters. The van der Waals surface area contributed by atoms with Gasteiger partial charge in [0.1, 0.15) is 24.1 Å². The summed E-state index contributed by atoms with van der Waals surface area (Å²) in [6.45, 7) is 1.29. The van der Waals surface area contributed by atoms with E-state index in [4.69, 9.17) is 4.74 Å². The number of nitrogens with zero attached hydrogens (tertiary/aromatic N) is 2. The summed E-state index contributed by atoms with van der Waals surface area (Å²) < 4.78 is 4.97. The quantitative estimate of drug-likeness (QED) is 0.538. The van der Waals surface area contributed by atoms with Crippen LogP contribution in [-0.2, 0) is 9.53 Å². The molecule has 0 aromatic rings. The first-order chi connectivity index (χ1) is 7.36. The number of carbonyl (C=O) groups is 1. The molecule has 3 rings (SSSR count). The third-order valence-electron chi connectivity index (χ3n) is 2.53. The Morgan fingerprint density at radius 3 is 3.47 bits per heavy atom. The van der Waals surface area contributed by atoms with Gasteiger partial charge in [-0.1, -0.05) is 0 Å². The zero-order valence-electron chi connectivity index (χ0n) is 7.93. The first-order valence-corrected chi connectivity index (χ1v) is 4.74. The lowest BCUT2D eigenvalue weighted by molar-refractivity contribution is -0.119. The van der Waals surface area contributed by atoms with Gasteiger partial charge in [0.05, 0.1) is 12.7 Å². The Morgan fingerprint density at radius 2 is 2.53 bits per heavy atom. The lowest BCUT2D eigenvalue weighted by atomic mass is 10.1. The highest BCUT2D eigenvalue weighted by atomic mass is 16.5. The molecule has 2 N–H and O–H groups in total. The standard InChI is InChI=1S/C9H10N4O2/c14-9-7-4-15-2-1-13(7)8-6(12-9)3-10-5-11-8/h1-2,4,6,10H,3,5H2,(H,12,14). The minimum atomic E-state index is -0.132.